The van der Waals surface area contributed by atoms with Crippen LogP contribution in [0, 0.1) is 0 Å². The first-order chi connectivity index (χ1) is 12.5. The van der Waals surface area contributed by atoms with E-state index >= 15 is 0 Å². The zero-order valence-corrected chi connectivity index (χ0v) is 15.6. The normalized spacial score (nSPS) is 10.5. The summed E-state index contributed by atoms with van der Waals surface area (Å²) in [6.45, 7) is -0.175. The van der Waals surface area contributed by atoms with E-state index in [1.165, 1.54) is 12.3 Å². The number of hydrogen-bond donors (Lipinski definition) is 3. The maximum absolute atomic E-state index is 11.8. The molecule has 0 radical (unpaired) electrons. The van der Waals surface area contributed by atoms with Crippen molar-refractivity contribution in [2.75, 3.05) is 13.7 Å². The van der Waals surface area contributed by atoms with Crippen LogP contribution in [0.5, 0.6) is 11.5 Å². The van der Waals surface area contributed by atoms with Crippen molar-refractivity contribution in [2.24, 2.45) is 5.10 Å². The van der Waals surface area contributed by atoms with E-state index in [1.807, 2.05) is 0 Å². The van der Waals surface area contributed by atoms with Crippen molar-refractivity contribution in [3.63, 3.8) is 0 Å². The van der Waals surface area contributed by atoms with Crippen LogP contribution >= 0.6 is 15.9 Å². The highest BCUT2D eigenvalue weighted by Gasteiger charge is 2.06. The van der Waals surface area contributed by atoms with Crippen molar-refractivity contribution in [2.45, 2.75) is 6.42 Å². The Morgan fingerprint density at radius 1 is 1.19 bits per heavy atom. The maximum Gasteiger partial charge on any atom is 0.259 e. The Morgan fingerprint density at radius 2 is 1.92 bits per heavy atom. The fourth-order valence-corrected chi connectivity index (χ4v) is 2.39. The number of nitrogens with one attached hydrogen (secondary N) is 2. The third-order valence-corrected chi connectivity index (χ3v) is 3.98. The summed E-state index contributed by atoms with van der Waals surface area (Å²) in [5.41, 5.74) is 3.83. The lowest BCUT2D eigenvalue weighted by Gasteiger charge is -2.05. The van der Waals surface area contributed by atoms with Crippen molar-refractivity contribution < 1.29 is 19.4 Å². The second-order valence-electron chi connectivity index (χ2n) is 5.31. The minimum Gasteiger partial charge on any atom is -0.507 e. The van der Waals surface area contributed by atoms with Gasteiger partial charge in [-0.25, -0.2) is 5.43 Å². The first-order valence-electron chi connectivity index (χ1n) is 7.68. The molecule has 8 heteroatoms. The Balaban J connectivity index is 1.74. The van der Waals surface area contributed by atoms with E-state index in [0.717, 1.165) is 5.56 Å². The molecule has 2 rings (SSSR count). The van der Waals surface area contributed by atoms with Crippen LogP contribution in [0.15, 0.2) is 52.0 Å². The van der Waals surface area contributed by atoms with E-state index in [1.54, 1.807) is 43.5 Å². The summed E-state index contributed by atoms with van der Waals surface area (Å²) in [6, 6.07) is 11.9. The fourth-order valence-electron chi connectivity index (χ4n) is 1.99. The second kappa shape index (κ2) is 9.57. The summed E-state index contributed by atoms with van der Waals surface area (Å²) in [5.74, 6) is 0.122. The lowest BCUT2D eigenvalue weighted by Crippen LogP contribution is -2.35. The number of halogens is 1. The molecule has 0 aliphatic heterocycles. The van der Waals surface area contributed by atoms with Crippen LogP contribution in [0.4, 0.5) is 0 Å². The number of methoxy groups -OCH3 is 1. The molecule has 2 aromatic rings. The lowest BCUT2D eigenvalue weighted by atomic mass is 10.1. The molecular weight excluding hydrogens is 402 g/mol. The molecule has 0 saturated heterocycles. The van der Waals surface area contributed by atoms with Crippen molar-refractivity contribution in [3.05, 3.63) is 58.1 Å². The van der Waals surface area contributed by atoms with Crippen LogP contribution in [0.1, 0.15) is 11.1 Å². The number of hydrogen-bond acceptors (Lipinski definition) is 5. The Labute approximate surface area is 159 Å². The average molecular weight is 420 g/mol. The number of rotatable bonds is 7. The minimum absolute atomic E-state index is 0.116. The largest absolute Gasteiger partial charge is 0.507 e. The van der Waals surface area contributed by atoms with Crippen molar-refractivity contribution in [1.29, 1.82) is 0 Å². The van der Waals surface area contributed by atoms with Gasteiger partial charge in [0.05, 0.1) is 30.8 Å². The van der Waals surface area contributed by atoms with Crippen molar-refractivity contribution in [1.82, 2.24) is 10.7 Å². The molecule has 0 heterocycles. The third kappa shape index (κ3) is 6.21. The summed E-state index contributed by atoms with van der Waals surface area (Å²) in [5, 5.41) is 15.7. The van der Waals surface area contributed by atoms with E-state index in [-0.39, 0.29) is 24.6 Å². The molecule has 0 unspecified atom stereocenters. The zero-order chi connectivity index (χ0) is 18.9. The van der Waals surface area contributed by atoms with Gasteiger partial charge in [0.25, 0.3) is 5.91 Å². The van der Waals surface area contributed by atoms with Crippen LogP contribution in [-0.2, 0) is 16.0 Å². The van der Waals surface area contributed by atoms with Crippen LogP contribution in [0.25, 0.3) is 0 Å². The number of benzene rings is 2. The molecule has 0 fully saturated rings. The Morgan fingerprint density at radius 3 is 2.58 bits per heavy atom. The number of aromatic hydroxyl groups is 1. The summed E-state index contributed by atoms with van der Waals surface area (Å²) in [7, 11) is 1.57. The predicted molar refractivity (Wildman–Crippen MR) is 101 cm³/mol. The van der Waals surface area contributed by atoms with Crippen molar-refractivity contribution >= 4 is 34.0 Å². The molecule has 0 aromatic heterocycles. The van der Waals surface area contributed by atoms with E-state index in [0.29, 0.717) is 15.8 Å². The Kier molecular flexibility index (Phi) is 7.16. The van der Waals surface area contributed by atoms with Crippen LogP contribution in [-0.4, -0.2) is 36.8 Å². The number of phenolic OH excluding ortho intramolecular Hbond substituents is 1. The lowest BCUT2D eigenvalue weighted by molar-refractivity contribution is -0.125. The van der Waals surface area contributed by atoms with Gasteiger partial charge in [-0.3, -0.25) is 9.59 Å². The Bertz CT molecular complexity index is 807. The second-order valence-corrected chi connectivity index (χ2v) is 6.16. The minimum atomic E-state index is -0.442. The highest BCUT2D eigenvalue weighted by molar-refractivity contribution is 9.10. The Hall–Kier alpha value is -2.87. The smallest absolute Gasteiger partial charge is 0.259 e. The number of carbonyl (C=O) groups excluding carboxylic acids is 2. The van der Waals surface area contributed by atoms with Crippen LogP contribution in [0.2, 0.25) is 0 Å². The number of amides is 2. The molecule has 2 amide bonds. The van der Waals surface area contributed by atoms with Gasteiger partial charge in [0, 0.05) is 0 Å². The van der Waals surface area contributed by atoms with Gasteiger partial charge in [0.15, 0.2) is 0 Å². The van der Waals surface area contributed by atoms with Gasteiger partial charge < -0.3 is 15.2 Å². The zero-order valence-electron chi connectivity index (χ0n) is 14.0. The van der Waals surface area contributed by atoms with Gasteiger partial charge in [0.2, 0.25) is 5.91 Å². The first kappa shape index (κ1) is 19.5. The quantitative estimate of drug-likeness (QED) is 0.471. The molecule has 0 atom stereocenters. The fraction of sp³-hybridized carbons (Fsp3) is 0.167. The van der Waals surface area contributed by atoms with Crippen LogP contribution in [0.3, 0.4) is 0 Å². The highest BCUT2D eigenvalue weighted by atomic mass is 79.9. The van der Waals surface area contributed by atoms with Gasteiger partial charge in [0.1, 0.15) is 11.5 Å². The summed E-state index contributed by atoms with van der Waals surface area (Å²) < 4.78 is 5.58. The monoisotopic (exact) mass is 419 g/mol. The number of ether oxygens (including phenoxy) is 1. The topological polar surface area (TPSA) is 100 Å². The summed E-state index contributed by atoms with van der Waals surface area (Å²) >= 11 is 3.19. The molecule has 2 aromatic carbocycles. The van der Waals surface area contributed by atoms with E-state index in [2.05, 4.69) is 31.8 Å². The molecule has 0 spiro atoms. The molecular formula is C18H18BrN3O4. The molecule has 0 aliphatic carbocycles. The highest BCUT2D eigenvalue weighted by Crippen LogP contribution is 2.23. The van der Waals surface area contributed by atoms with E-state index in [9.17, 15) is 14.7 Å². The first-order valence-corrected chi connectivity index (χ1v) is 8.47. The molecule has 0 saturated carbocycles. The number of carbonyl (C=O) groups is 2. The molecule has 3 N–H and O–H groups in total. The van der Waals surface area contributed by atoms with Gasteiger partial charge in [-0.05, 0) is 57.4 Å². The number of phenols is 1. The summed E-state index contributed by atoms with van der Waals surface area (Å²) in [6.07, 6.45) is 1.60. The number of hydrazone groups is 1. The van der Waals surface area contributed by atoms with Gasteiger partial charge in [-0.2, -0.15) is 5.10 Å². The molecule has 0 bridgehead atoms. The van der Waals surface area contributed by atoms with Gasteiger partial charge in [-0.1, -0.05) is 12.1 Å². The van der Waals surface area contributed by atoms with Crippen LogP contribution < -0.4 is 15.5 Å². The van der Waals surface area contributed by atoms with Gasteiger partial charge >= 0.3 is 0 Å². The third-order valence-electron chi connectivity index (χ3n) is 3.34. The van der Waals surface area contributed by atoms with Gasteiger partial charge in [-0.15, -0.1) is 0 Å². The average Bonchev–Trinajstić information content (AvgIpc) is 2.63. The number of nitrogens with zero attached hydrogens (tertiary/aromatic N) is 1. The molecule has 7 nitrogen and oxygen atoms in total. The molecule has 26 heavy (non-hydrogen) atoms. The molecule has 0 aliphatic rings. The van der Waals surface area contributed by atoms with E-state index in [4.69, 9.17) is 4.74 Å². The summed E-state index contributed by atoms with van der Waals surface area (Å²) in [4.78, 5) is 23.5. The predicted octanol–water partition coefficient (Wildman–Crippen LogP) is 1.97. The standard InChI is InChI=1S/C18H18BrN3O4/c1-26-14-5-2-12(3-6-14)9-17(24)20-11-18(25)22-21-10-13-4-7-16(23)15(19)8-13/h2-8,10,23H,9,11H2,1H3,(H,20,24)(H,22,25). The van der Waals surface area contributed by atoms with E-state index < -0.39 is 5.91 Å². The SMILES string of the molecule is COc1ccc(CC(=O)NCC(=O)NN=Cc2ccc(O)c(Br)c2)cc1. The maximum atomic E-state index is 11.8. The van der Waals surface area contributed by atoms with Crippen molar-refractivity contribution in [3.8, 4) is 11.5 Å². The molecule has 136 valence electrons.